The number of carbonyl (C=O) groups excluding carboxylic acids is 2. The summed E-state index contributed by atoms with van der Waals surface area (Å²) in [5, 5.41) is 5.07. The highest BCUT2D eigenvalue weighted by molar-refractivity contribution is 6.30. The maximum absolute atomic E-state index is 12.8. The number of nitrogens with zero attached hydrogens (tertiary/aromatic N) is 5. The van der Waals surface area contributed by atoms with Gasteiger partial charge in [0.1, 0.15) is 5.15 Å². The van der Waals surface area contributed by atoms with Gasteiger partial charge in [-0.1, -0.05) is 29.8 Å². The summed E-state index contributed by atoms with van der Waals surface area (Å²) in [6, 6.07) is 8.01. The van der Waals surface area contributed by atoms with Crippen molar-refractivity contribution < 1.29 is 9.59 Å². The molecular weight excluding hydrogens is 414 g/mol. The normalized spacial score (nSPS) is 17.0. The smallest absolute Gasteiger partial charge is 0.227 e. The number of halogens is 1. The van der Waals surface area contributed by atoms with Gasteiger partial charge in [0.2, 0.25) is 11.8 Å². The second-order valence-corrected chi connectivity index (χ2v) is 8.77. The molecule has 7 nitrogen and oxygen atoms in total. The fourth-order valence-corrected chi connectivity index (χ4v) is 4.79. The van der Waals surface area contributed by atoms with Crippen LogP contribution in [-0.2, 0) is 29.6 Å². The Balaban J connectivity index is 1.27. The maximum atomic E-state index is 12.8. The molecule has 1 aromatic heterocycles. The lowest BCUT2D eigenvalue weighted by atomic mass is 10.2. The van der Waals surface area contributed by atoms with Crippen LogP contribution in [0.25, 0.3) is 0 Å². The van der Waals surface area contributed by atoms with Crippen LogP contribution in [0.15, 0.2) is 24.3 Å². The molecule has 0 bridgehead atoms. The van der Waals surface area contributed by atoms with Crippen molar-refractivity contribution in [1.29, 1.82) is 0 Å². The number of rotatable bonds is 5. The van der Waals surface area contributed by atoms with E-state index in [9.17, 15) is 9.59 Å². The summed E-state index contributed by atoms with van der Waals surface area (Å²) in [6.45, 7) is 6.55. The molecule has 0 radical (unpaired) electrons. The Labute approximate surface area is 188 Å². The minimum Gasteiger partial charge on any atom is -0.341 e. The lowest BCUT2D eigenvalue weighted by Gasteiger charge is -2.23. The first kappa shape index (κ1) is 21.8. The molecule has 0 spiro atoms. The first-order valence-electron chi connectivity index (χ1n) is 11.0. The number of hydrogen-bond donors (Lipinski definition) is 0. The number of aryl methyl sites for hydroxylation is 2. The zero-order valence-corrected chi connectivity index (χ0v) is 19.1. The van der Waals surface area contributed by atoms with Gasteiger partial charge in [-0.05, 0) is 31.4 Å². The highest BCUT2D eigenvalue weighted by Crippen LogP contribution is 2.28. The predicted octanol–water partition coefficient (Wildman–Crippen LogP) is 2.79. The Kier molecular flexibility index (Phi) is 6.62. The second-order valence-electron chi connectivity index (χ2n) is 8.41. The molecule has 0 unspecified atom stereocenters. The van der Waals surface area contributed by atoms with E-state index in [-0.39, 0.29) is 24.7 Å². The van der Waals surface area contributed by atoms with Gasteiger partial charge in [-0.25, -0.2) is 0 Å². The summed E-state index contributed by atoms with van der Waals surface area (Å²) in [5.74, 6) is 0.106. The van der Waals surface area contributed by atoms with Gasteiger partial charge >= 0.3 is 0 Å². The van der Waals surface area contributed by atoms with Crippen LogP contribution in [0.4, 0.5) is 5.69 Å². The molecule has 8 heteroatoms. The van der Waals surface area contributed by atoms with Gasteiger partial charge in [-0.2, -0.15) is 5.10 Å². The van der Waals surface area contributed by atoms with E-state index in [1.165, 1.54) is 5.56 Å². The molecule has 166 valence electrons. The highest BCUT2D eigenvalue weighted by Gasteiger charge is 2.26. The van der Waals surface area contributed by atoms with Crippen LogP contribution in [0.5, 0.6) is 0 Å². The lowest BCUT2D eigenvalue weighted by molar-refractivity contribution is -0.133. The summed E-state index contributed by atoms with van der Waals surface area (Å²) in [6.07, 6.45) is 2.33. The van der Waals surface area contributed by atoms with Crippen LogP contribution in [0.2, 0.25) is 5.15 Å². The number of para-hydroxylation sites is 1. The average Bonchev–Trinajstić information content (AvgIpc) is 3.18. The molecule has 1 saturated heterocycles. The summed E-state index contributed by atoms with van der Waals surface area (Å²) in [7, 11) is 1.85. The molecule has 1 aromatic carbocycles. The van der Waals surface area contributed by atoms with Crippen molar-refractivity contribution >= 4 is 29.1 Å². The minimum absolute atomic E-state index is 0.0384. The van der Waals surface area contributed by atoms with Crippen LogP contribution >= 0.6 is 11.6 Å². The molecule has 0 atom stereocenters. The van der Waals surface area contributed by atoms with Crippen molar-refractivity contribution in [2.45, 2.75) is 39.2 Å². The predicted molar refractivity (Wildman–Crippen MR) is 121 cm³/mol. The molecule has 1 fully saturated rings. The van der Waals surface area contributed by atoms with E-state index in [1.807, 2.05) is 42.0 Å². The monoisotopic (exact) mass is 443 g/mol. The van der Waals surface area contributed by atoms with Gasteiger partial charge in [0.05, 0.1) is 5.69 Å². The molecule has 0 saturated carbocycles. The van der Waals surface area contributed by atoms with E-state index in [1.54, 1.807) is 4.68 Å². The van der Waals surface area contributed by atoms with Gasteiger partial charge in [-0.3, -0.25) is 19.2 Å². The zero-order chi connectivity index (χ0) is 22.0. The SMILES string of the molecule is Cc1nn(C)c(Cl)c1CN1CCCN(C(=O)CCC(=O)N2CCc3ccccc32)CC1. The first-order chi connectivity index (χ1) is 14.9. The van der Waals surface area contributed by atoms with E-state index in [0.29, 0.717) is 18.2 Å². The number of hydrogen-bond acceptors (Lipinski definition) is 4. The molecule has 2 aliphatic heterocycles. The molecule has 0 aliphatic carbocycles. The molecule has 3 heterocycles. The van der Waals surface area contributed by atoms with E-state index >= 15 is 0 Å². The fraction of sp³-hybridized carbons (Fsp3) is 0.522. The molecule has 4 rings (SSSR count). The summed E-state index contributed by atoms with van der Waals surface area (Å²) < 4.78 is 1.70. The van der Waals surface area contributed by atoms with Crippen molar-refractivity contribution in [1.82, 2.24) is 19.6 Å². The Morgan fingerprint density at radius 1 is 1.03 bits per heavy atom. The molecular formula is C23H30ClN5O2. The van der Waals surface area contributed by atoms with E-state index < -0.39 is 0 Å². The van der Waals surface area contributed by atoms with Crippen LogP contribution in [0, 0.1) is 6.92 Å². The largest absolute Gasteiger partial charge is 0.341 e. The van der Waals surface area contributed by atoms with Crippen molar-refractivity contribution in [3.63, 3.8) is 0 Å². The third kappa shape index (κ3) is 4.77. The van der Waals surface area contributed by atoms with Crippen LogP contribution in [-0.4, -0.2) is 64.1 Å². The number of fused-ring (bicyclic) bond motifs is 1. The third-order valence-corrected chi connectivity index (χ3v) is 6.81. The molecule has 31 heavy (non-hydrogen) atoms. The van der Waals surface area contributed by atoms with Crippen molar-refractivity contribution in [2.75, 3.05) is 37.6 Å². The molecule has 2 amide bonds. The van der Waals surface area contributed by atoms with Gasteiger partial charge in [0.25, 0.3) is 0 Å². The third-order valence-electron chi connectivity index (χ3n) is 6.33. The first-order valence-corrected chi connectivity index (χ1v) is 11.4. The Bertz CT molecular complexity index is 973. The number of benzene rings is 1. The zero-order valence-electron chi connectivity index (χ0n) is 18.3. The quantitative estimate of drug-likeness (QED) is 0.712. The van der Waals surface area contributed by atoms with Crippen LogP contribution in [0.3, 0.4) is 0 Å². The average molecular weight is 444 g/mol. The van der Waals surface area contributed by atoms with Gasteiger partial charge in [-0.15, -0.1) is 0 Å². The van der Waals surface area contributed by atoms with Crippen LogP contribution < -0.4 is 4.90 Å². The summed E-state index contributed by atoms with van der Waals surface area (Å²) in [5.41, 5.74) is 4.21. The summed E-state index contributed by atoms with van der Waals surface area (Å²) in [4.78, 5) is 31.6. The van der Waals surface area contributed by atoms with Gasteiger partial charge < -0.3 is 9.80 Å². The van der Waals surface area contributed by atoms with E-state index in [2.05, 4.69) is 16.1 Å². The second kappa shape index (κ2) is 9.40. The van der Waals surface area contributed by atoms with Crippen LogP contribution in [0.1, 0.15) is 36.1 Å². The maximum Gasteiger partial charge on any atom is 0.227 e. The number of anilines is 1. The molecule has 0 N–H and O–H groups in total. The van der Waals surface area contributed by atoms with Gasteiger partial charge in [0.15, 0.2) is 0 Å². The molecule has 2 aliphatic rings. The Morgan fingerprint density at radius 3 is 2.58 bits per heavy atom. The lowest BCUT2D eigenvalue weighted by Crippen LogP contribution is -2.36. The van der Waals surface area contributed by atoms with Gasteiger partial charge in [0, 0.05) is 70.4 Å². The van der Waals surface area contributed by atoms with Crippen molar-refractivity contribution in [3.8, 4) is 0 Å². The Morgan fingerprint density at radius 2 is 1.81 bits per heavy atom. The highest BCUT2D eigenvalue weighted by atomic mass is 35.5. The molecule has 2 aromatic rings. The fourth-order valence-electron chi connectivity index (χ4n) is 4.56. The minimum atomic E-state index is 0.0384. The topological polar surface area (TPSA) is 61.7 Å². The standard InChI is InChI=1S/C23H30ClN5O2/c1-17-19(23(24)26(2)25-17)16-27-11-5-12-28(15-14-27)21(30)8-9-22(31)29-13-10-18-6-3-4-7-20(18)29/h3-4,6-7H,5,8-16H2,1-2H3. The summed E-state index contributed by atoms with van der Waals surface area (Å²) >= 11 is 6.38. The van der Waals surface area contributed by atoms with E-state index in [0.717, 1.165) is 56.0 Å². The number of aromatic nitrogens is 2. The number of amides is 2. The number of carbonyl (C=O) groups is 2. The Hall–Kier alpha value is -2.38. The van der Waals surface area contributed by atoms with Crippen molar-refractivity contribution in [2.24, 2.45) is 7.05 Å². The van der Waals surface area contributed by atoms with Crippen molar-refractivity contribution in [3.05, 3.63) is 46.2 Å². The van der Waals surface area contributed by atoms with E-state index in [4.69, 9.17) is 11.6 Å².